The first-order valence-electron chi connectivity index (χ1n) is 7.00. The third-order valence-corrected chi connectivity index (χ3v) is 3.98. The van der Waals surface area contributed by atoms with Crippen molar-refractivity contribution in [1.82, 2.24) is 9.80 Å². The van der Waals surface area contributed by atoms with Crippen molar-refractivity contribution in [2.45, 2.75) is 32.3 Å². The molecule has 0 aliphatic carbocycles. The standard InChI is InChI=1S/C13H22N2O4/c1-2-10-4-3-5-14(8-10)13(18)15-6-7-19-11(9-15)12(16)17/h10-11H,2-9H2,1H3,(H,16,17). The number of piperidine rings is 1. The van der Waals surface area contributed by atoms with Gasteiger partial charge in [-0.2, -0.15) is 0 Å². The predicted molar refractivity (Wildman–Crippen MR) is 68.9 cm³/mol. The van der Waals surface area contributed by atoms with Crippen molar-refractivity contribution < 1.29 is 19.4 Å². The molecule has 2 rings (SSSR count). The van der Waals surface area contributed by atoms with Crippen LogP contribution in [0.1, 0.15) is 26.2 Å². The van der Waals surface area contributed by atoms with Gasteiger partial charge in [-0.1, -0.05) is 13.3 Å². The number of carbonyl (C=O) groups is 2. The highest BCUT2D eigenvalue weighted by molar-refractivity contribution is 5.77. The summed E-state index contributed by atoms with van der Waals surface area (Å²) in [5, 5.41) is 8.95. The van der Waals surface area contributed by atoms with Crippen LogP contribution in [0.15, 0.2) is 0 Å². The summed E-state index contributed by atoms with van der Waals surface area (Å²) >= 11 is 0. The minimum absolute atomic E-state index is 0.0345. The summed E-state index contributed by atoms with van der Waals surface area (Å²) in [5.41, 5.74) is 0. The quantitative estimate of drug-likeness (QED) is 0.813. The molecular weight excluding hydrogens is 248 g/mol. The lowest BCUT2D eigenvalue weighted by molar-refractivity contribution is -0.154. The largest absolute Gasteiger partial charge is 0.479 e. The zero-order valence-corrected chi connectivity index (χ0v) is 11.4. The molecule has 2 fully saturated rings. The highest BCUT2D eigenvalue weighted by atomic mass is 16.5. The van der Waals surface area contributed by atoms with Gasteiger partial charge in [-0.15, -0.1) is 0 Å². The van der Waals surface area contributed by atoms with E-state index in [0.29, 0.717) is 19.1 Å². The lowest BCUT2D eigenvalue weighted by Gasteiger charge is -2.38. The van der Waals surface area contributed by atoms with Crippen molar-refractivity contribution in [3.63, 3.8) is 0 Å². The van der Waals surface area contributed by atoms with Crippen LogP contribution in [0, 0.1) is 5.92 Å². The highest BCUT2D eigenvalue weighted by Gasteiger charge is 2.32. The smallest absolute Gasteiger partial charge is 0.334 e. The number of rotatable bonds is 2. The molecule has 2 saturated heterocycles. The Morgan fingerprint density at radius 1 is 1.26 bits per heavy atom. The number of ether oxygens (including phenoxy) is 1. The molecule has 19 heavy (non-hydrogen) atoms. The number of urea groups is 1. The first-order valence-corrected chi connectivity index (χ1v) is 7.00. The topological polar surface area (TPSA) is 70.1 Å². The van der Waals surface area contributed by atoms with Crippen molar-refractivity contribution in [2.75, 3.05) is 32.8 Å². The highest BCUT2D eigenvalue weighted by Crippen LogP contribution is 2.21. The summed E-state index contributed by atoms with van der Waals surface area (Å²) < 4.78 is 5.14. The van der Waals surface area contributed by atoms with E-state index >= 15 is 0 Å². The van der Waals surface area contributed by atoms with E-state index in [-0.39, 0.29) is 12.6 Å². The van der Waals surface area contributed by atoms with Gasteiger partial charge >= 0.3 is 12.0 Å². The molecule has 2 aliphatic heterocycles. The third-order valence-electron chi connectivity index (χ3n) is 3.98. The zero-order chi connectivity index (χ0) is 13.8. The molecule has 0 radical (unpaired) electrons. The van der Waals surface area contributed by atoms with E-state index in [1.54, 1.807) is 4.90 Å². The summed E-state index contributed by atoms with van der Waals surface area (Å²) in [5.74, 6) is -0.420. The molecular formula is C13H22N2O4. The van der Waals surface area contributed by atoms with Crippen LogP contribution in [0.5, 0.6) is 0 Å². The summed E-state index contributed by atoms with van der Waals surface area (Å²) in [4.78, 5) is 26.8. The lowest BCUT2D eigenvalue weighted by Crippen LogP contribution is -2.54. The molecule has 0 aromatic rings. The van der Waals surface area contributed by atoms with Gasteiger partial charge in [-0.25, -0.2) is 9.59 Å². The molecule has 108 valence electrons. The van der Waals surface area contributed by atoms with Crippen LogP contribution in [0.4, 0.5) is 4.79 Å². The van der Waals surface area contributed by atoms with Crippen molar-refractivity contribution in [3.8, 4) is 0 Å². The van der Waals surface area contributed by atoms with Crippen LogP contribution in [-0.4, -0.2) is 65.8 Å². The molecule has 1 N–H and O–H groups in total. The van der Waals surface area contributed by atoms with Crippen LogP contribution in [0.25, 0.3) is 0 Å². The fourth-order valence-electron chi connectivity index (χ4n) is 2.74. The van der Waals surface area contributed by atoms with E-state index in [2.05, 4.69) is 6.92 Å². The summed E-state index contributed by atoms with van der Waals surface area (Å²) in [6.45, 7) is 4.66. The number of amides is 2. The maximum absolute atomic E-state index is 12.4. The van der Waals surface area contributed by atoms with Gasteiger partial charge in [-0.05, 0) is 18.8 Å². The Labute approximate surface area is 113 Å². The first-order chi connectivity index (χ1) is 9.11. The average Bonchev–Trinajstić information content (AvgIpc) is 2.46. The van der Waals surface area contributed by atoms with Crippen LogP contribution >= 0.6 is 0 Å². The number of hydrogen-bond donors (Lipinski definition) is 1. The molecule has 6 heteroatoms. The Hall–Kier alpha value is -1.30. The molecule has 0 spiro atoms. The average molecular weight is 270 g/mol. The van der Waals surface area contributed by atoms with Gasteiger partial charge < -0.3 is 19.6 Å². The van der Waals surface area contributed by atoms with E-state index in [4.69, 9.17) is 9.84 Å². The Morgan fingerprint density at radius 3 is 2.68 bits per heavy atom. The van der Waals surface area contributed by atoms with Crippen LogP contribution in [0.3, 0.4) is 0 Å². The maximum Gasteiger partial charge on any atom is 0.334 e. The number of carbonyl (C=O) groups excluding carboxylic acids is 1. The van der Waals surface area contributed by atoms with E-state index in [0.717, 1.165) is 25.9 Å². The molecule has 6 nitrogen and oxygen atoms in total. The van der Waals surface area contributed by atoms with Gasteiger partial charge in [0.1, 0.15) is 0 Å². The Morgan fingerprint density at radius 2 is 2.00 bits per heavy atom. The number of likely N-dealkylation sites (tertiary alicyclic amines) is 1. The molecule has 2 unspecified atom stereocenters. The number of nitrogens with zero attached hydrogens (tertiary/aromatic N) is 2. The number of hydrogen-bond acceptors (Lipinski definition) is 3. The minimum Gasteiger partial charge on any atom is -0.479 e. The van der Waals surface area contributed by atoms with Crippen LogP contribution < -0.4 is 0 Å². The molecule has 2 amide bonds. The number of carboxylic acid groups (broad SMARTS) is 1. The Kier molecular flexibility index (Phi) is 4.63. The lowest BCUT2D eigenvalue weighted by atomic mass is 9.96. The molecule has 0 aromatic carbocycles. The number of carboxylic acids is 1. The van der Waals surface area contributed by atoms with Gasteiger partial charge in [0.2, 0.25) is 0 Å². The van der Waals surface area contributed by atoms with E-state index in [1.165, 1.54) is 6.42 Å². The van der Waals surface area contributed by atoms with Crippen molar-refractivity contribution in [2.24, 2.45) is 5.92 Å². The predicted octanol–water partition coefficient (Wildman–Crippen LogP) is 1.01. The van der Waals surface area contributed by atoms with Crippen LogP contribution in [0.2, 0.25) is 0 Å². The Bertz CT molecular complexity index is 348. The molecule has 2 atom stereocenters. The molecule has 0 aromatic heterocycles. The maximum atomic E-state index is 12.4. The first kappa shape index (κ1) is 14.1. The summed E-state index contributed by atoms with van der Waals surface area (Å²) in [7, 11) is 0. The fraction of sp³-hybridized carbons (Fsp3) is 0.846. The third kappa shape index (κ3) is 3.37. The van der Waals surface area contributed by atoms with E-state index in [9.17, 15) is 9.59 Å². The summed E-state index contributed by atoms with van der Waals surface area (Å²) in [6.07, 6.45) is 2.42. The summed E-state index contributed by atoms with van der Waals surface area (Å²) in [6, 6.07) is -0.0345. The zero-order valence-electron chi connectivity index (χ0n) is 11.4. The van der Waals surface area contributed by atoms with Gasteiger partial charge in [0.25, 0.3) is 0 Å². The minimum atomic E-state index is -0.998. The fourth-order valence-corrected chi connectivity index (χ4v) is 2.74. The second kappa shape index (κ2) is 6.23. The molecule has 2 heterocycles. The Balaban J connectivity index is 1.93. The normalized spacial score (nSPS) is 28.3. The van der Waals surface area contributed by atoms with Crippen molar-refractivity contribution >= 4 is 12.0 Å². The van der Waals surface area contributed by atoms with Gasteiger partial charge in [0.05, 0.1) is 13.2 Å². The second-order valence-electron chi connectivity index (χ2n) is 5.29. The van der Waals surface area contributed by atoms with E-state index < -0.39 is 12.1 Å². The molecule has 0 bridgehead atoms. The number of aliphatic carboxylic acids is 1. The monoisotopic (exact) mass is 270 g/mol. The van der Waals surface area contributed by atoms with Crippen LogP contribution in [-0.2, 0) is 9.53 Å². The van der Waals surface area contributed by atoms with Gasteiger partial charge in [0.15, 0.2) is 6.10 Å². The molecule has 0 saturated carbocycles. The SMILES string of the molecule is CCC1CCCN(C(=O)N2CCOC(C(=O)O)C2)C1. The van der Waals surface area contributed by atoms with Gasteiger partial charge in [0, 0.05) is 19.6 Å². The second-order valence-corrected chi connectivity index (χ2v) is 5.29. The van der Waals surface area contributed by atoms with Gasteiger partial charge in [-0.3, -0.25) is 0 Å². The molecule has 2 aliphatic rings. The van der Waals surface area contributed by atoms with Crippen molar-refractivity contribution in [1.29, 1.82) is 0 Å². The van der Waals surface area contributed by atoms with E-state index in [1.807, 2.05) is 4.90 Å². The number of morpholine rings is 1. The van der Waals surface area contributed by atoms with Crippen molar-refractivity contribution in [3.05, 3.63) is 0 Å².